The number of aromatic nitrogens is 1. The van der Waals surface area contributed by atoms with E-state index in [9.17, 15) is 4.79 Å². The van der Waals surface area contributed by atoms with Crippen molar-refractivity contribution in [3.05, 3.63) is 10.0 Å². The van der Waals surface area contributed by atoms with Crippen LogP contribution in [0, 0.1) is 0 Å². The van der Waals surface area contributed by atoms with Crippen molar-refractivity contribution >= 4 is 40.2 Å². The first-order valence-corrected chi connectivity index (χ1v) is 4.44. The zero-order chi connectivity index (χ0) is 9.84. The fraction of sp³-hybridized carbons (Fsp3) is 0.167. The van der Waals surface area contributed by atoms with E-state index in [-0.39, 0.29) is 5.91 Å². The van der Waals surface area contributed by atoms with E-state index in [0.29, 0.717) is 15.2 Å². The van der Waals surface area contributed by atoms with E-state index in [2.05, 4.69) is 15.5 Å². The molecule has 0 fully saturated rings. The van der Waals surface area contributed by atoms with Gasteiger partial charge in [-0.15, -0.1) is 0 Å². The lowest BCUT2D eigenvalue weighted by Crippen LogP contribution is -2.05. The van der Waals surface area contributed by atoms with Gasteiger partial charge in [-0.3, -0.25) is 4.79 Å². The van der Waals surface area contributed by atoms with Gasteiger partial charge in [0.25, 0.3) is 0 Å². The molecule has 1 rings (SSSR count). The molecule has 0 aromatic carbocycles. The maximum absolute atomic E-state index is 10.6. The van der Waals surface area contributed by atoms with Gasteiger partial charge in [-0.2, -0.15) is 0 Å². The summed E-state index contributed by atoms with van der Waals surface area (Å²) < 4.78 is 0.363. The van der Waals surface area contributed by atoms with Crippen LogP contribution in [0.5, 0.6) is 0 Å². The summed E-state index contributed by atoms with van der Waals surface area (Å²) in [6, 6.07) is 0. The summed E-state index contributed by atoms with van der Waals surface area (Å²) in [5.41, 5.74) is 0.331. The van der Waals surface area contributed by atoms with Gasteiger partial charge in [0.2, 0.25) is 5.91 Å². The quantitative estimate of drug-likeness (QED) is 0.450. The van der Waals surface area contributed by atoms with Crippen LogP contribution in [-0.2, 0) is 4.79 Å². The van der Waals surface area contributed by atoms with E-state index in [1.54, 1.807) is 0 Å². The Morgan fingerprint density at radius 2 is 2.54 bits per heavy atom. The molecule has 7 heteroatoms. The van der Waals surface area contributed by atoms with E-state index < -0.39 is 0 Å². The highest BCUT2D eigenvalue weighted by molar-refractivity contribution is 7.19. The Morgan fingerprint density at radius 1 is 1.85 bits per heavy atom. The third-order valence-corrected chi connectivity index (χ3v) is 2.27. The van der Waals surface area contributed by atoms with Crippen molar-refractivity contribution in [1.29, 1.82) is 0 Å². The number of hydrogen-bond donors (Lipinski definition) is 2. The van der Waals surface area contributed by atoms with Crippen molar-refractivity contribution in [3.8, 4) is 0 Å². The maximum atomic E-state index is 10.6. The molecule has 0 unspecified atom stereocenters. The first-order valence-electron chi connectivity index (χ1n) is 3.25. The second kappa shape index (κ2) is 4.20. The van der Waals surface area contributed by atoms with Gasteiger partial charge in [-0.25, -0.2) is 4.98 Å². The molecule has 1 aromatic rings. The summed E-state index contributed by atoms with van der Waals surface area (Å²) in [6.45, 7) is 1.37. The van der Waals surface area contributed by atoms with Gasteiger partial charge >= 0.3 is 0 Å². The minimum absolute atomic E-state index is 0.224. The van der Waals surface area contributed by atoms with Crippen molar-refractivity contribution in [2.45, 2.75) is 6.92 Å². The molecule has 0 saturated carbocycles. The smallest absolute Gasteiger partial charge is 0.223 e. The van der Waals surface area contributed by atoms with E-state index in [0.717, 1.165) is 17.6 Å². The first kappa shape index (κ1) is 9.94. The molecule has 70 valence electrons. The molecule has 0 aliphatic rings. The van der Waals surface area contributed by atoms with Crippen LogP contribution in [0.1, 0.15) is 12.6 Å². The Kier molecular flexibility index (Phi) is 3.21. The average Bonchev–Trinajstić information content (AvgIpc) is 2.31. The van der Waals surface area contributed by atoms with Gasteiger partial charge in [-0.05, 0) is 0 Å². The summed E-state index contributed by atoms with van der Waals surface area (Å²) in [5.74, 6) is -0.224. The number of amides is 1. The van der Waals surface area contributed by atoms with E-state index in [1.807, 2.05) is 0 Å². The van der Waals surface area contributed by atoms with Crippen molar-refractivity contribution in [3.63, 3.8) is 0 Å². The summed E-state index contributed by atoms with van der Waals surface area (Å²) in [6.07, 6.45) is 1.10. The van der Waals surface area contributed by atoms with Crippen LogP contribution in [-0.4, -0.2) is 22.3 Å². The Balaban J connectivity index is 2.88. The molecular formula is C6H6ClN3O2S. The molecule has 0 aliphatic carbocycles. The summed E-state index contributed by atoms with van der Waals surface area (Å²) in [7, 11) is 0. The molecule has 0 atom stereocenters. The van der Waals surface area contributed by atoms with Crippen LogP contribution in [0.15, 0.2) is 5.16 Å². The van der Waals surface area contributed by atoms with Crippen LogP contribution < -0.4 is 5.32 Å². The van der Waals surface area contributed by atoms with Gasteiger partial charge < -0.3 is 10.5 Å². The lowest BCUT2D eigenvalue weighted by atomic mass is 10.5. The number of anilines is 1. The monoisotopic (exact) mass is 219 g/mol. The number of oxime groups is 1. The topological polar surface area (TPSA) is 74.6 Å². The fourth-order valence-electron chi connectivity index (χ4n) is 0.652. The SMILES string of the molecule is CC(=O)Nc1nc(/C=N\O)c(Cl)s1. The largest absolute Gasteiger partial charge is 0.411 e. The Morgan fingerprint density at radius 3 is 3.08 bits per heavy atom. The minimum Gasteiger partial charge on any atom is -0.411 e. The Labute approximate surface area is 83.0 Å². The van der Waals surface area contributed by atoms with Crippen molar-refractivity contribution < 1.29 is 10.0 Å². The number of nitrogens with one attached hydrogen (secondary N) is 1. The van der Waals surface area contributed by atoms with Gasteiger partial charge in [0.15, 0.2) is 5.13 Å². The standard InChI is InChI=1S/C6H6ClN3O2S/c1-3(11)9-6-10-4(2-8-12)5(7)13-6/h2,12H,1H3,(H,9,10,11)/b8-2-. The number of carbonyl (C=O) groups is 1. The fourth-order valence-corrected chi connectivity index (χ4v) is 1.67. The summed E-state index contributed by atoms with van der Waals surface area (Å²) in [4.78, 5) is 14.5. The summed E-state index contributed by atoms with van der Waals surface area (Å²) >= 11 is 6.81. The lowest BCUT2D eigenvalue weighted by Gasteiger charge is -1.91. The molecule has 13 heavy (non-hydrogen) atoms. The highest BCUT2D eigenvalue weighted by Crippen LogP contribution is 2.26. The van der Waals surface area contributed by atoms with Crippen molar-refractivity contribution in [2.75, 3.05) is 5.32 Å². The van der Waals surface area contributed by atoms with Crippen LogP contribution in [0.2, 0.25) is 4.34 Å². The zero-order valence-corrected chi connectivity index (χ0v) is 8.19. The molecule has 0 aliphatic heterocycles. The van der Waals surface area contributed by atoms with E-state index in [4.69, 9.17) is 16.8 Å². The molecule has 1 amide bonds. The van der Waals surface area contributed by atoms with Crippen LogP contribution in [0.4, 0.5) is 5.13 Å². The maximum Gasteiger partial charge on any atom is 0.223 e. The molecule has 1 heterocycles. The Bertz CT molecular complexity index is 350. The number of rotatable bonds is 2. The van der Waals surface area contributed by atoms with Crippen LogP contribution in [0.25, 0.3) is 0 Å². The second-order valence-corrected chi connectivity index (χ2v) is 3.70. The molecule has 0 saturated heterocycles. The minimum atomic E-state index is -0.224. The first-order chi connectivity index (χ1) is 6.13. The predicted octanol–water partition coefficient (Wildman–Crippen LogP) is 1.56. The van der Waals surface area contributed by atoms with Crippen LogP contribution >= 0.6 is 22.9 Å². The van der Waals surface area contributed by atoms with E-state index in [1.165, 1.54) is 6.92 Å². The van der Waals surface area contributed by atoms with Crippen molar-refractivity contribution in [2.24, 2.45) is 5.16 Å². The molecule has 5 nitrogen and oxygen atoms in total. The van der Waals surface area contributed by atoms with Crippen LogP contribution in [0.3, 0.4) is 0 Å². The molecule has 0 spiro atoms. The third-order valence-electron chi connectivity index (χ3n) is 1.07. The highest BCUT2D eigenvalue weighted by Gasteiger charge is 2.07. The molecule has 1 aromatic heterocycles. The third kappa shape index (κ3) is 2.67. The number of thiazole rings is 1. The van der Waals surface area contributed by atoms with Crippen molar-refractivity contribution in [1.82, 2.24) is 4.98 Å². The molecular weight excluding hydrogens is 214 g/mol. The highest BCUT2D eigenvalue weighted by atomic mass is 35.5. The predicted molar refractivity (Wildman–Crippen MR) is 50.8 cm³/mol. The number of halogens is 1. The average molecular weight is 220 g/mol. The number of carbonyl (C=O) groups excluding carboxylic acids is 1. The second-order valence-electron chi connectivity index (χ2n) is 2.10. The molecule has 0 radical (unpaired) electrons. The normalized spacial score (nSPS) is 10.6. The van der Waals surface area contributed by atoms with E-state index >= 15 is 0 Å². The number of nitrogens with zero attached hydrogens (tertiary/aromatic N) is 2. The molecule has 2 N–H and O–H groups in total. The van der Waals surface area contributed by atoms with Gasteiger partial charge in [0.05, 0.1) is 6.21 Å². The summed E-state index contributed by atoms with van der Waals surface area (Å²) in [5, 5.41) is 13.9. The molecule has 0 bridgehead atoms. The zero-order valence-electron chi connectivity index (χ0n) is 6.61. The van der Waals surface area contributed by atoms with Gasteiger partial charge in [0.1, 0.15) is 10.0 Å². The lowest BCUT2D eigenvalue weighted by molar-refractivity contribution is -0.114. The van der Waals surface area contributed by atoms with Gasteiger partial charge in [-0.1, -0.05) is 28.1 Å². The van der Waals surface area contributed by atoms with Gasteiger partial charge in [0, 0.05) is 6.92 Å². The number of hydrogen-bond acceptors (Lipinski definition) is 5. The Hall–Kier alpha value is -1.14.